The Hall–Kier alpha value is -1.13. The number of aliphatic hydroxyl groups is 2. The van der Waals surface area contributed by atoms with Crippen molar-refractivity contribution < 1.29 is 15.0 Å². The van der Waals surface area contributed by atoms with Crippen LogP contribution in [-0.2, 0) is 4.79 Å². The average molecular weight is 1030 g/mol. The second-order valence-electron chi connectivity index (χ2n) is 23.6. The molecule has 0 aromatic heterocycles. The summed E-state index contributed by atoms with van der Waals surface area (Å²) in [6.07, 6.45) is 88.4. The van der Waals surface area contributed by atoms with Crippen molar-refractivity contribution in [1.82, 2.24) is 5.32 Å². The van der Waals surface area contributed by atoms with Crippen molar-refractivity contribution in [3.8, 4) is 0 Å². The number of unbranched alkanes of at least 4 members (excludes halogenated alkanes) is 55. The van der Waals surface area contributed by atoms with E-state index >= 15 is 0 Å². The third kappa shape index (κ3) is 61.6. The van der Waals surface area contributed by atoms with Gasteiger partial charge in [0.1, 0.15) is 0 Å². The van der Waals surface area contributed by atoms with Gasteiger partial charge in [-0.3, -0.25) is 4.79 Å². The molecule has 0 radical (unpaired) electrons. The number of hydrogen-bond acceptors (Lipinski definition) is 3. The minimum atomic E-state index is -0.861. The molecule has 73 heavy (non-hydrogen) atoms. The molecule has 0 bridgehead atoms. The summed E-state index contributed by atoms with van der Waals surface area (Å²) in [4.78, 5) is 12.5. The first-order valence-corrected chi connectivity index (χ1v) is 34.1. The number of carbonyl (C=O) groups is 1. The van der Waals surface area contributed by atoms with E-state index in [4.69, 9.17) is 0 Å². The highest BCUT2D eigenvalue weighted by molar-refractivity contribution is 5.76. The summed E-state index contributed by atoms with van der Waals surface area (Å²) in [5.41, 5.74) is 0. The van der Waals surface area contributed by atoms with Crippen LogP contribution in [0, 0.1) is 0 Å². The molecule has 0 heterocycles. The molecule has 0 saturated heterocycles. The number of aliphatic hydroxyl groups excluding tert-OH is 2. The molecule has 434 valence electrons. The summed E-state index contributed by atoms with van der Waals surface area (Å²) in [7, 11) is 0. The smallest absolute Gasteiger partial charge is 0.220 e. The van der Waals surface area contributed by atoms with Crippen LogP contribution in [0.5, 0.6) is 0 Å². The number of hydrogen-bond donors (Lipinski definition) is 3. The molecule has 0 aromatic carbocycles. The van der Waals surface area contributed by atoms with Crippen LogP contribution < -0.4 is 5.32 Å². The van der Waals surface area contributed by atoms with E-state index in [-0.39, 0.29) is 12.5 Å². The maximum atomic E-state index is 12.5. The highest BCUT2D eigenvalue weighted by Crippen LogP contribution is 2.19. The fraction of sp³-hybridized carbons (Fsp3) is 0.928. The largest absolute Gasteiger partial charge is 0.394 e. The molecule has 4 heteroatoms. The average Bonchev–Trinajstić information content (AvgIpc) is 3.40. The summed E-state index contributed by atoms with van der Waals surface area (Å²) in [6, 6.07) is -0.638. The molecular weight excluding hydrogens is 891 g/mol. The van der Waals surface area contributed by atoms with E-state index in [1.807, 2.05) is 6.08 Å². The summed E-state index contributed by atoms with van der Waals surface area (Å²) < 4.78 is 0. The Morgan fingerprint density at radius 2 is 0.534 bits per heavy atom. The predicted molar refractivity (Wildman–Crippen MR) is 327 cm³/mol. The zero-order valence-corrected chi connectivity index (χ0v) is 50.2. The molecule has 0 saturated carbocycles. The Bertz CT molecular complexity index is 1070. The Balaban J connectivity index is 3.42. The Labute approximate surface area is 459 Å². The van der Waals surface area contributed by atoms with Crippen LogP contribution in [0.15, 0.2) is 24.3 Å². The van der Waals surface area contributed by atoms with Gasteiger partial charge in [0.25, 0.3) is 0 Å². The molecule has 0 fully saturated rings. The van der Waals surface area contributed by atoms with Gasteiger partial charge in [0.05, 0.1) is 18.8 Å². The van der Waals surface area contributed by atoms with E-state index in [1.54, 1.807) is 6.08 Å². The van der Waals surface area contributed by atoms with Crippen molar-refractivity contribution in [1.29, 1.82) is 0 Å². The summed E-state index contributed by atoms with van der Waals surface area (Å²) >= 11 is 0. The zero-order valence-electron chi connectivity index (χ0n) is 50.2. The van der Waals surface area contributed by atoms with Crippen LogP contribution in [0.1, 0.15) is 393 Å². The quantitative estimate of drug-likeness (QED) is 0.0420. The summed E-state index contributed by atoms with van der Waals surface area (Å²) in [5.74, 6) is -0.0643. The van der Waals surface area contributed by atoms with Crippen molar-refractivity contribution in [2.24, 2.45) is 0 Å². The maximum Gasteiger partial charge on any atom is 0.220 e. The van der Waals surface area contributed by atoms with Gasteiger partial charge in [-0.15, -0.1) is 0 Å². The molecule has 0 rings (SSSR count). The fourth-order valence-electron chi connectivity index (χ4n) is 11.0. The third-order valence-corrected chi connectivity index (χ3v) is 16.2. The number of amides is 1. The van der Waals surface area contributed by atoms with Gasteiger partial charge in [0.15, 0.2) is 0 Å². The van der Waals surface area contributed by atoms with E-state index in [2.05, 4.69) is 31.3 Å². The molecule has 0 aliphatic carbocycles. The second kappa shape index (κ2) is 65.2. The lowest BCUT2D eigenvalue weighted by atomic mass is 10.0. The zero-order chi connectivity index (χ0) is 52.7. The number of carbonyl (C=O) groups excluding carboxylic acids is 1. The second-order valence-corrected chi connectivity index (χ2v) is 23.6. The van der Waals surface area contributed by atoms with E-state index in [0.29, 0.717) is 6.42 Å². The monoisotopic (exact) mass is 1030 g/mol. The SMILES string of the molecule is CCCCCCCCCCCCCCCCCCCCCCC/C=C/CC/C=C/C(O)C(CO)NC(=O)CCCCCCCCCCCCCCCCCCCCCCCCCCCCCCCCCCCC. The molecule has 0 aliphatic heterocycles. The highest BCUT2D eigenvalue weighted by atomic mass is 16.3. The van der Waals surface area contributed by atoms with Crippen molar-refractivity contribution in [2.45, 2.75) is 405 Å². The molecule has 2 atom stereocenters. The van der Waals surface area contributed by atoms with Crippen LogP contribution in [0.4, 0.5) is 0 Å². The van der Waals surface area contributed by atoms with Crippen molar-refractivity contribution >= 4 is 5.91 Å². The molecule has 0 aliphatic rings. The van der Waals surface area contributed by atoms with Crippen molar-refractivity contribution in [2.75, 3.05) is 6.61 Å². The van der Waals surface area contributed by atoms with Gasteiger partial charge in [-0.2, -0.15) is 0 Å². The van der Waals surface area contributed by atoms with Crippen LogP contribution in [0.3, 0.4) is 0 Å². The highest BCUT2D eigenvalue weighted by Gasteiger charge is 2.18. The van der Waals surface area contributed by atoms with Crippen LogP contribution in [0.25, 0.3) is 0 Å². The van der Waals surface area contributed by atoms with E-state index in [9.17, 15) is 15.0 Å². The summed E-state index contributed by atoms with van der Waals surface area (Å²) in [6.45, 7) is 4.35. The first-order chi connectivity index (χ1) is 36.2. The van der Waals surface area contributed by atoms with E-state index in [1.165, 1.54) is 340 Å². The van der Waals surface area contributed by atoms with E-state index < -0.39 is 12.1 Å². The number of nitrogens with one attached hydrogen (secondary N) is 1. The molecule has 4 nitrogen and oxygen atoms in total. The predicted octanol–water partition coefficient (Wildman–Crippen LogP) is 23.0. The fourth-order valence-corrected chi connectivity index (χ4v) is 11.0. The van der Waals surface area contributed by atoms with Gasteiger partial charge in [-0.05, 0) is 32.1 Å². The van der Waals surface area contributed by atoms with Crippen LogP contribution in [-0.4, -0.2) is 34.9 Å². The lowest BCUT2D eigenvalue weighted by Crippen LogP contribution is -2.45. The Morgan fingerprint density at radius 1 is 0.315 bits per heavy atom. The van der Waals surface area contributed by atoms with Crippen LogP contribution >= 0.6 is 0 Å². The molecule has 3 N–H and O–H groups in total. The minimum Gasteiger partial charge on any atom is -0.394 e. The van der Waals surface area contributed by atoms with E-state index in [0.717, 1.165) is 32.1 Å². The lowest BCUT2D eigenvalue weighted by molar-refractivity contribution is -0.123. The van der Waals surface area contributed by atoms with Gasteiger partial charge in [-0.1, -0.05) is 378 Å². The summed E-state index contributed by atoms with van der Waals surface area (Å²) in [5, 5.41) is 23.2. The minimum absolute atomic E-state index is 0.0643. The van der Waals surface area contributed by atoms with Gasteiger partial charge >= 0.3 is 0 Å². The maximum absolute atomic E-state index is 12.5. The van der Waals surface area contributed by atoms with Gasteiger partial charge in [0.2, 0.25) is 5.91 Å². The molecular formula is C69H135NO3. The van der Waals surface area contributed by atoms with Crippen molar-refractivity contribution in [3.63, 3.8) is 0 Å². The first-order valence-electron chi connectivity index (χ1n) is 34.1. The van der Waals surface area contributed by atoms with Gasteiger partial charge < -0.3 is 15.5 Å². The standard InChI is InChI=1S/C69H135NO3/c1-3-5-7-9-11-13-15-17-19-21-23-25-27-29-31-32-33-34-35-36-37-39-41-43-45-47-49-51-53-55-57-59-61-63-65-69(73)70-67(66-71)68(72)64-62-60-58-56-54-52-50-48-46-44-42-40-38-30-28-26-24-22-20-18-16-14-12-10-8-6-4-2/h54,56,62,64,67-68,71-72H,3-53,55,57-61,63,65-66H2,1-2H3,(H,70,73)/b56-54+,64-62+. The Kier molecular flexibility index (Phi) is 64.1. The number of rotatable bonds is 64. The third-order valence-electron chi connectivity index (χ3n) is 16.2. The molecule has 1 amide bonds. The lowest BCUT2D eigenvalue weighted by Gasteiger charge is -2.19. The molecule has 0 spiro atoms. The number of allylic oxidation sites excluding steroid dienone is 3. The topological polar surface area (TPSA) is 69.6 Å². The Morgan fingerprint density at radius 3 is 0.795 bits per heavy atom. The van der Waals surface area contributed by atoms with Crippen molar-refractivity contribution in [3.05, 3.63) is 24.3 Å². The van der Waals surface area contributed by atoms with Gasteiger partial charge in [-0.25, -0.2) is 0 Å². The molecule has 0 aromatic rings. The molecule has 2 unspecified atom stereocenters. The normalized spacial score (nSPS) is 12.8. The van der Waals surface area contributed by atoms with Crippen LogP contribution in [0.2, 0.25) is 0 Å². The van der Waals surface area contributed by atoms with Gasteiger partial charge in [0, 0.05) is 6.42 Å². The first kappa shape index (κ1) is 71.9.